The summed E-state index contributed by atoms with van der Waals surface area (Å²) in [6.07, 6.45) is 5.22. The van der Waals surface area contributed by atoms with Gasteiger partial charge in [-0.05, 0) is 11.6 Å². The van der Waals surface area contributed by atoms with Crippen LogP contribution in [0.1, 0.15) is 17.0 Å². The van der Waals surface area contributed by atoms with Gasteiger partial charge in [-0.2, -0.15) is 0 Å². The molecule has 1 N–H and O–H groups in total. The van der Waals surface area contributed by atoms with Gasteiger partial charge in [-0.1, -0.05) is 23.7 Å². The van der Waals surface area contributed by atoms with Crippen molar-refractivity contribution in [3.63, 3.8) is 0 Å². The molecule has 80 valence electrons. The maximum absolute atomic E-state index is 6.13. The molecular weight excluding hydrogens is 224 g/mol. The summed E-state index contributed by atoms with van der Waals surface area (Å²) in [6, 6.07) is 5.83. The molecule has 1 aliphatic rings. The van der Waals surface area contributed by atoms with Crippen molar-refractivity contribution in [2.45, 2.75) is 6.61 Å². The Balaban J connectivity index is 2.17. The normalized spacial score (nSPS) is 13.9. The van der Waals surface area contributed by atoms with Crippen LogP contribution in [0.15, 0.2) is 36.9 Å². The molecule has 0 saturated carbocycles. The Hall–Kier alpha value is -1.74. The quantitative estimate of drug-likeness (QED) is 0.821. The minimum atomic E-state index is 0.513. The average Bonchev–Trinajstić information content (AvgIpc) is 2.82. The number of ether oxygens (including phenoxy) is 1. The zero-order chi connectivity index (χ0) is 11.0. The van der Waals surface area contributed by atoms with Gasteiger partial charge in [0, 0.05) is 23.0 Å². The third kappa shape index (κ3) is 1.41. The molecule has 0 fully saturated rings. The third-order valence-electron chi connectivity index (χ3n) is 2.59. The van der Waals surface area contributed by atoms with Crippen molar-refractivity contribution in [3.8, 4) is 0 Å². The van der Waals surface area contributed by atoms with E-state index in [0.29, 0.717) is 6.61 Å². The molecule has 0 radical (unpaired) electrons. The van der Waals surface area contributed by atoms with Gasteiger partial charge in [0.1, 0.15) is 12.4 Å². The molecule has 0 bridgehead atoms. The van der Waals surface area contributed by atoms with Gasteiger partial charge in [-0.15, -0.1) is 0 Å². The molecule has 0 spiro atoms. The van der Waals surface area contributed by atoms with Crippen LogP contribution in [0.25, 0.3) is 5.57 Å². The first-order chi connectivity index (χ1) is 7.86. The number of imidazole rings is 1. The Morgan fingerprint density at radius 1 is 1.38 bits per heavy atom. The molecule has 0 saturated heterocycles. The first-order valence-electron chi connectivity index (χ1n) is 4.95. The van der Waals surface area contributed by atoms with Gasteiger partial charge in [0.25, 0.3) is 0 Å². The van der Waals surface area contributed by atoms with Gasteiger partial charge in [0.05, 0.1) is 11.8 Å². The molecule has 1 aromatic heterocycles. The molecule has 4 heteroatoms. The van der Waals surface area contributed by atoms with E-state index < -0.39 is 0 Å². The molecule has 3 nitrogen and oxygen atoms in total. The first-order valence-corrected chi connectivity index (χ1v) is 5.33. The van der Waals surface area contributed by atoms with E-state index in [1.54, 1.807) is 18.7 Å². The van der Waals surface area contributed by atoms with E-state index >= 15 is 0 Å². The van der Waals surface area contributed by atoms with Crippen LogP contribution >= 0.6 is 11.6 Å². The number of aromatic amines is 1. The summed E-state index contributed by atoms with van der Waals surface area (Å²) in [7, 11) is 0. The average molecular weight is 233 g/mol. The van der Waals surface area contributed by atoms with Crippen molar-refractivity contribution in [3.05, 3.63) is 58.8 Å². The highest BCUT2D eigenvalue weighted by atomic mass is 35.5. The molecule has 2 aromatic rings. The molecule has 16 heavy (non-hydrogen) atoms. The number of nitrogens with one attached hydrogen (secondary N) is 1. The maximum Gasteiger partial charge on any atom is 0.140 e. The summed E-state index contributed by atoms with van der Waals surface area (Å²) in [4.78, 5) is 7.29. The van der Waals surface area contributed by atoms with Crippen LogP contribution in [0.2, 0.25) is 5.02 Å². The van der Waals surface area contributed by atoms with E-state index in [0.717, 1.165) is 27.5 Å². The van der Waals surface area contributed by atoms with E-state index in [4.69, 9.17) is 16.3 Å². The van der Waals surface area contributed by atoms with Crippen LogP contribution in [-0.2, 0) is 11.3 Å². The summed E-state index contributed by atoms with van der Waals surface area (Å²) >= 11 is 6.13. The predicted octanol–water partition coefficient (Wildman–Crippen LogP) is 2.98. The second kappa shape index (κ2) is 3.68. The lowest BCUT2D eigenvalue weighted by Crippen LogP contribution is -2.04. The van der Waals surface area contributed by atoms with Crippen molar-refractivity contribution in [2.24, 2.45) is 0 Å². The number of hydrogen-bond acceptors (Lipinski definition) is 2. The second-order valence-electron chi connectivity index (χ2n) is 3.55. The van der Waals surface area contributed by atoms with Crippen LogP contribution in [-0.4, -0.2) is 9.97 Å². The molecular formula is C12H9ClN2O. The Labute approximate surface area is 97.7 Å². The highest BCUT2D eigenvalue weighted by Crippen LogP contribution is 2.32. The highest BCUT2D eigenvalue weighted by molar-refractivity contribution is 6.31. The number of nitrogens with zero attached hydrogens (tertiary/aromatic N) is 1. The summed E-state index contributed by atoms with van der Waals surface area (Å²) in [6.45, 7) is 0.513. The van der Waals surface area contributed by atoms with Crippen LogP contribution < -0.4 is 0 Å². The maximum atomic E-state index is 6.13. The lowest BCUT2D eigenvalue weighted by Gasteiger charge is -2.17. The second-order valence-corrected chi connectivity index (χ2v) is 3.95. The van der Waals surface area contributed by atoms with Gasteiger partial charge >= 0.3 is 0 Å². The lowest BCUT2D eigenvalue weighted by atomic mass is 9.99. The fourth-order valence-corrected chi connectivity index (χ4v) is 2.05. The topological polar surface area (TPSA) is 37.9 Å². The zero-order valence-electron chi connectivity index (χ0n) is 8.40. The first kappa shape index (κ1) is 9.48. The van der Waals surface area contributed by atoms with Crippen molar-refractivity contribution >= 4 is 17.2 Å². The lowest BCUT2D eigenvalue weighted by molar-refractivity contribution is 0.233. The van der Waals surface area contributed by atoms with Gasteiger partial charge < -0.3 is 9.72 Å². The molecule has 0 amide bonds. The van der Waals surface area contributed by atoms with Crippen LogP contribution in [0, 0.1) is 0 Å². The summed E-state index contributed by atoms with van der Waals surface area (Å²) in [5.41, 5.74) is 3.03. The van der Waals surface area contributed by atoms with E-state index in [2.05, 4.69) is 9.97 Å². The SMILES string of the molecule is Clc1cccc2c1COC=C2c1ncc[nH]1. The minimum absolute atomic E-state index is 0.513. The standard InChI is InChI=1S/C12H9ClN2O/c13-11-3-1-2-8-9(11)6-16-7-10(8)12-14-4-5-15-12/h1-5,7H,6H2,(H,14,15). The molecule has 0 unspecified atom stereocenters. The Morgan fingerprint density at radius 3 is 3.12 bits per heavy atom. The van der Waals surface area contributed by atoms with Crippen molar-refractivity contribution < 1.29 is 4.74 Å². The van der Waals surface area contributed by atoms with Crippen molar-refractivity contribution in [1.82, 2.24) is 9.97 Å². The highest BCUT2D eigenvalue weighted by Gasteiger charge is 2.18. The van der Waals surface area contributed by atoms with Crippen LogP contribution in [0.4, 0.5) is 0 Å². The van der Waals surface area contributed by atoms with Crippen molar-refractivity contribution in [1.29, 1.82) is 0 Å². The van der Waals surface area contributed by atoms with Gasteiger partial charge in [0.15, 0.2) is 0 Å². The summed E-state index contributed by atoms with van der Waals surface area (Å²) in [5, 5.41) is 0.731. The van der Waals surface area contributed by atoms with Gasteiger partial charge in [-0.3, -0.25) is 0 Å². The van der Waals surface area contributed by atoms with E-state index in [-0.39, 0.29) is 0 Å². The predicted molar refractivity (Wildman–Crippen MR) is 61.9 cm³/mol. The van der Waals surface area contributed by atoms with E-state index in [1.807, 2.05) is 18.2 Å². The van der Waals surface area contributed by atoms with Crippen molar-refractivity contribution in [2.75, 3.05) is 0 Å². The van der Waals surface area contributed by atoms with E-state index in [9.17, 15) is 0 Å². The number of fused-ring (bicyclic) bond motifs is 1. The number of H-pyrrole nitrogens is 1. The van der Waals surface area contributed by atoms with E-state index in [1.165, 1.54) is 0 Å². The van der Waals surface area contributed by atoms with Crippen LogP contribution in [0.3, 0.4) is 0 Å². The number of rotatable bonds is 1. The molecule has 3 rings (SSSR count). The monoisotopic (exact) mass is 232 g/mol. The number of hydrogen-bond donors (Lipinski definition) is 1. The molecule has 2 heterocycles. The molecule has 0 atom stereocenters. The van der Waals surface area contributed by atoms with Gasteiger partial charge in [0.2, 0.25) is 0 Å². The van der Waals surface area contributed by atoms with Crippen LogP contribution in [0.5, 0.6) is 0 Å². The molecule has 0 aliphatic carbocycles. The number of aromatic nitrogens is 2. The zero-order valence-corrected chi connectivity index (χ0v) is 9.16. The fraction of sp³-hybridized carbons (Fsp3) is 0.0833. The minimum Gasteiger partial charge on any atom is -0.496 e. The molecule has 1 aromatic carbocycles. The number of halogens is 1. The Bertz CT molecular complexity index is 546. The Morgan fingerprint density at radius 2 is 2.31 bits per heavy atom. The number of benzene rings is 1. The smallest absolute Gasteiger partial charge is 0.140 e. The largest absolute Gasteiger partial charge is 0.496 e. The third-order valence-corrected chi connectivity index (χ3v) is 2.95. The summed E-state index contributed by atoms with van der Waals surface area (Å²) in [5.74, 6) is 0.795. The fourth-order valence-electron chi connectivity index (χ4n) is 1.83. The molecule has 1 aliphatic heterocycles. The van der Waals surface area contributed by atoms with Gasteiger partial charge in [-0.25, -0.2) is 4.98 Å². The Kier molecular flexibility index (Phi) is 2.18. The summed E-state index contributed by atoms with van der Waals surface area (Å²) < 4.78 is 5.41.